The zero-order valence-corrected chi connectivity index (χ0v) is 17.0. The number of rotatable bonds is 7. The summed E-state index contributed by atoms with van der Waals surface area (Å²) in [5.41, 5.74) is 1.26. The van der Waals surface area contributed by atoms with Crippen LogP contribution in [0.5, 0.6) is 5.75 Å². The molecule has 0 aliphatic carbocycles. The first-order valence-corrected chi connectivity index (χ1v) is 9.14. The molecule has 0 saturated heterocycles. The Balaban J connectivity index is 1.89. The molecule has 162 valence electrons. The Bertz CT molecular complexity index is 881. The van der Waals surface area contributed by atoms with Crippen LogP contribution in [0.4, 0.5) is 13.2 Å². The average molecular weight is 423 g/mol. The number of nitrogens with zero attached hydrogens (tertiary/aromatic N) is 1. The van der Waals surface area contributed by atoms with Crippen LogP contribution < -0.4 is 15.4 Å². The second kappa shape index (κ2) is 10.5. The molecule has 9 heteroatoms. The van der Waals surface area contributed by atoms with Crippen LogP contribution in [0.2, 0.25) is 0 Å². The Labute approximate surface area is 173 Å². The van der Waals surface area contributed by atoms with Crippen LogP contribution in [0, 0.1) is 0 Å². The number of carbonyl (C=O) groups excluding carboxylic acids is 1. The van der Waals surface area contributed by atoms with Gasteiger partial charge in [0.2, 0.25) is 0 Å². The summed E-state index contributed by atoms with van der Waals surface area (Å²) in [4.78, 5) is 16.0. The number of guanidine groups is 1. The molecule has 0 bridgehead atoms. The van der Waals surface area contributed by atoms with Crippen molar-refractivity contribution in [2.45, 2.75) is 19.1 Å². The number of nitrogens with one attached hydrogen (secondary N) is 2. The van der Waals surface area contributed by atoms with Crippen molar-refractivity contribution in [3.63, 3.8) is 0 Å². The molecule has 0 aliphatic rings. The predicted octanol–water partition coefficient (Wildman–Crippen LogP) is 3.41. The first-order chi connectivity index (χ1) is 14.3. The third kappa shape index (κ3) is 6.40. The SMILES string of the molecule is CN=C(NCCc1ccc(C(F)(F)F)cc1)NCc1ccc(OC)c(C(=O)OC)c1. The number of hydrogen-bond acceptors (Lipinski definition) is 4. The molecular weight excluding hydrogens is 399 g/mol. The summed E-state index contributed by atoms with van der Waals surface area (Å²) in [6, 6.07) is 10.2. The molecule has 30 heavy (non-hydrogen) atoms. The van der Waals surface area contributed by atoms with Gasteiger partial charge in [-0.15, -0.1) is 0 Å². The molecule has 0 spiro atoms. The molecule has 0 radical (unpaired) electrons. The van der Waals surface area contributed by atoms with E-state index in [-0.39, 0.29) is 0 Å². The highest BCUT2D eigenvalue weighted by Crippen LogP contribution is 2.29. The van der Waals surface area contributed by atoms with Gasteiger partial charge in [0.15, 0.2) is 5.96 Å². The molecule has 0 atom stereocenters. The van der Waals surface area contributed by atoms with Crippen molar-refractivity contribution >= 4 is 11.9 Å². The summed E-state index contributed by atoms with van der Waals surface area (Å²) in [6.45, 7) is 0.884. The van der Waals surface area contributed by atoms with E-state index in [1.807, 2.05) is 6.07 Å². The van der Waals surface area contributed by atoms with E-state index in [2.05, 4.69) is 15.6 Å². The summed E-state index contributed by atoms with van der Waals surface area (Å²) in [5, 5.41) is 6.22. The predicted molar refractivity (Wildman–Crippen MR) is 108 cm³/mol. The molecule has 2 rings (SSSR count). The smallest absolute Gasteiger partial charge is 0.416 e. The molecule has 0 heterocycles. The van der Waals surface area contributed by atoms with Gasteiger partial charge >= 0.3 is 12.1 Å². The highest BCUT2D eigenvalue weighted by molar-refractivity contribution is 5.92. The highest BCUT2D eigenvalue weighted by atomic mass is 19.4. The van der Waals surface area contributed by atoms with Crippen molar-refractivity contribution in [3.8, 4) is 5.75 Å². The first kappa shape index (κ1) is 23.1. The monoisotopic (exact) mass is 423 g/mol. The topological polar surface area (TPSA) is 72.0 Å². The maximum absolute atomic E-state index is 12.6. The van der Waals surface area contributed by atoms with Crippen LogP contribution >= 0.6 is 0 Å². The zero-order chi connectivity index (χ0) is 22.1. The average Bonchev–Trinajstić information content (AvgIpc) is 2.75. The number of methoxy groups -OCH3 is 2. The van der Waals surface area contributed by atoms with Crippen molar-refractivity contribution in [2.75, 3.05) is 27.8 Å². The van der Waals surface area contributed by atoms with Gasteiger partial charge in [-0.3, -0.25) is 4.99 Å². The van der Waals surface area contributed by atoms with Gasteiger partial charge in [-0.25, -0.2) is 4.79 Å². The van der Waals surface area contributed by atoms with Crippen LogP contribution in [0.3, 0.4) is 0 Å². The van der Waals surface area contributed by atoms with E-state index in [9.17, 15) is 18.0 Å². The number of alkyl halides is 3. The van der Waals surface area contributed by atoms with Gasteiger partial charge < -0.3 is 20.1 Å². The van der Waals surface area contributed by atoms with Crippen molar-refractivity contribution in [1.29, 1.82) is 0 Å². The van der Waals surface area contributed by atoms with Crippen molar-refractivity contribution in [2.24, 2.45) is 4.99 Å². The minimum Gasteiger partial charge on any atom is -0.496 e. The number of benzene rings is 2. The number of halogens is 3. The number of esters is 1. The maximum Gasteiger partial charge on any atom is 0.416 e. The second-order valence-corrected chi connectivity index (χ2v) is 6.32. The van der Waals surface area contributed by atoms with Crippen LogP contribution in [-0.2, 0) is 23.9 Å². The van der Waals surface area contributed by atoms with Crippen LogP contribution in [0.15, 0.2) is 47.5 Å². The molecule has 2 aromatic rings. The van der Waals surface area contributed by atoms with Crippen LogP contribution in [0.25, 0.3) is 0 Å². The Morgan fingerprint density at radius 2 is 1.70 bits per heavy atom. The molecular formula is C21H24F3N3O3. The van der Waals surface area contributed by atoms with Gasteiger partial charge in [-0.2, -0.15) is 13.2 Å². The van der Waals surface area contributed by atoms with E-state index >= 15 is 0 Å². The zero-order valence-electron chi connectivity index (χ0n) is 17.0. The standard InChI is InChI=1S/C21H24F3N3O3/c1-25-20(26-11-10-14-4-7-16(8-5-14)21(22,23)24)27-13-15-6-9-18(29-2)17(12-15)19(28)30-3/h4-9,12H,10-11,13H2,1-3H3,(H2,25,26,27). The molecule has 0 fully saturated rings. The lowest BCUT2D eigenvalue weighted by molar-refractivity contribution is -0.137. The molecule has 0 amide bonds. The van der Waals surface area contributed by atoms with E-state index in [1.165, 1.54) is 26.4 Å². The molecule has 2 aromatic carbocycles. The fraction of sp³-hybridized carbons (Fsp3) is 0.333. The number of ether oxygens (including phenoxy) is 2. The number of aliphatic imine (C=N–C) groups is 1. The van der Waals surface area contributed by atoms with Crippen molar-refractivity contribution in [1.82, 2.24) is 10.6 Å². The third-order valence-corrected chi connectivity index (χ3v) is 4.34. The van der Waals surface area contributed by atoms with Gasteiger partial charge in [-0.1, -0.05) is 18.2 Å². The maximum atomic E-state index is 12.6. The fourth-order valence-electron chi connectivity index (χ4n) is 2.73. The van der Waals surface area contributed by atoms with Crippen LogP contribution in [-0.4, -0.2) is 39.7 Å². The molecule has 0 aliphatic heterocycles. The lowest BCUT2D eigenvalue weighted by Gasteiger charge is -2.14. The Morgan fingerprint density at radius 1 is 1.03 bits per heavy atom. The Hall–Kier alpha value is -3.23. The summed E-state index contributed by atoms with van der Waals surface area (Å²) in [7, 11) is 4.39. The van der Waals surface area contributed by atoms with Gasteiger partial charge in [-0.05, 0) is 41.8 Å². The molecule has 0 aromatic heterocycles. The fourth-order valence-corrected chi connectivity index (χ4v) is 2.73. The van der Waals surface area contributed by atoms with Crippen LogP contribution in [0.1, 0.15) is 27.0 Å². The van der Waals surface area contributed by atoms with E-state index in [0.717, 1.165) is 23.3 Å². The van der Waals surface area contributed by atoms with Gasteiger partial charge in [0.05, 0.1) is 19.8 Å². The van der Waals surface area contributed by atoms with Crippen molar-refractivity contribution in [3.05, 3.63) is 64.7 Å². The third-order valence-electron chi connectivity index (χ3n) is 4.34. The van der Waals surface area contributed by atoms with E-state index < -0.39 is 17.7 Å². The largest absolute Gasteiger partial charge is 0.496 e. The summed E-state index contributed by atoms with van der Waals surface area (Å²) < 4.78 is 47.8. The molecule has 0 saturated carbocycles. The number of hydrogen-bond donors (Lipinski definition) is 2. The second-order valence-electron chi connectivity index (χ2n) is 6.32. The summed E-state index contributed by atoms with van der Waals surface area (Å²) in [6.07, 6.45) is -3.80. The van der Waals surface area contributed by atoms with Gasteiger partial charge in [0.25, 0.3) is 0 Å². The molecule has 6 nitrogen and oxygen atoms in total. The lowest BCUT2D eigenvalue weighted by Crippen LogP contribution is -2.37. The normalized spacial score (nSPS) is 11.7. The molecule has 2 N–H and O–H groups in total. The molecule has 0 unspecified atom stereocenters. The number of carbonyl (C=O) groups is 1. The Kier molecular flexibility index (Phi) is 8.08. The van der Waals surface area contributed by atoms with Gasteiger partial charge in [0.1, 0.15) is 11.3 Å². The lowest BCUT2D eigenvalue weighted by atomic mass is 10.1. The highest BCUT2D eigenvalue weighted by Gasteiger charge is 2.29. The minimum absolute atomic E-state index is 0.324. The van der Waals surface area contributed by atoms with Crippen molar-refractivity contribution < 1.29 is 27.4 Å². The quantitative estimate of drug-likeness (QED) is 0.406. The van der Waals surface area contributed by atoms with E-state index in [0.29, 0.717) is 36.8 Å². The summed E-state index contributed by atoms with van der Waals surface area (Å²) in [5.74, 6) is 0.453. The first-order valence-electron chi connectivity index (χ1n) is 9.14. The van der Waals surface area contributed by atoms with E-state index in [1.54, 1.807) is 19.2 Å². The minimum atomic E-state index is -4.34. The summed E-state index contributed by atoms with van der Waals surface area (Å²) >= 11 is 0. The Morgan fingerprint density at radius 3 is 2.27 bits per heavy atom. The van der Waals surface area contributed by atoms with Gasteiger partial charge in [0, 0.05) is 20.1 Å². The van der Waals surface area contributed by atoms with E-state index in [4.69, 9.17) is 9.47 Å².